The van der Waals surface area contributed by atoms with Gasteiger partial charge in [-0.15, -0.1) is 0 Å². The first kappa shape index (κ1) is 18.8. The zero-order chi connectivity index (χ0) is 19.1. The fourth-order valence-electron chi connectivity index (χ4n) is 4.44. The summed E-state index contributed by atoms with van der Waals surface area (Å²) in [5, 5.41) is 20.7. The highest BCUT2D eigenvalue weighted by Gasteiger charge is 2.40. The Morgan fingerprint density at radius 2 is 2.08 bits per heavy atom. The van der Waals surface area contributed by atoms with Crippen molar-refractivity contribution in [3.05, 3.63) is 28.3 Å². The Morgan fingerprint density at radius 3 is 2.73 bits per heavy atom. The van der Waals surface area contributed by atoms with Gasteiger partial charge < -0.3 is 14.9 Å². The summed E-state index contributed by atoms with van der Waals surface area (Å²) < 4.78 is 6.28. The number of hydrogen-bond acceptors (Lipinski definition) is 3. The average molecular weight is 358 g/mol. The van der Waals surface area contributed by atoms with Gasteiger partial charge in [0.15, 0.2) is 0 Å². The Bertz CT molecular complexity index is 758. The van der Waals surface area contributed by atoms with E-state index in [-0.39, 0.29) is 11.3 Å². The third-order valence-corrected chi connectivity index (χ3v) is 5.81. The molecule has 0 saturated heterocycles. The lowest BCUT2D eigenvalue weighted by molar-refractivity contribution is 0.0692. The fraction of sp³-hybridized carbons (Fsp3) is 0.591. The van der Waals surface area contributed by atoms with Gasteiger partial charge in [0.1, 0.15) is 22.7 Å². The Labute approximate surface area is 155 Å². The van der Waals surface area contributed by atoms with Crippen LogP contribution in [-0.2, 0) is 6.42 Å². The van der Waals surface area contributed by atoms with Gasteiger partial charge in [-0.1, -0.05) is 26.7 Å². The number of aromatic carboxylic acids is 1. The van der Waals surface area contributed by atoms with Crippen molar-refractivity contribution in [1.82, 2.24) is 0 Å². The van der Waals surface area contributed by atoms with Gasteiger partial charge >= 0.3 is 5.97 Å². The van der Waals surface area contributed by atoms with Gasteiger partial charge in [0, 0.05) is 0 Å². The molecule has 0 bridgehead atoms. The number of benzene rings is 1. The molecule has 2 aliphatic rings. The summed E-state index contributed by atoms with van der Waals surface area (Å²) in [6.07, 6.45) is 6.54. The minimum Gasteiger partial charge on any atom is -0.506 e. The highest BCUT2D eigenvalue weighted by atomic mass is 16.5. The van der Waals surface area contributed by atoms with Crippen LogP contribution in [0, 0.1) is 5.92 Å². The lowest BCUT2D eigenvalue weighted by Crippen LogP contribution is -2.36. The molecule has 1 aromatic rings. The Kier molecular flexibility index (Phi) is 5.05. The summed E-state index contributed by atoms with van der Waals surface area (Å²) in [6, 6.07) is 1.86. The molecule has 1 aliphatic heterocycles. The van der Waals surface area contributed by atoms with Gasteiger partial charge in [-0.3, -0.25) is 0 Å². The summed E-state index contributed by atoms with van der Waals surface area (Å²) in [5.41, 5.74) is 3.21. The number of aryl methyl sites for hydroxylation is 1. The zero-order valence-electron chi connectivity index (χ0n) is 16.3. The summed E-state index contributed by atoms with van der Waals surface area (Å²) in [6.45, 7) is 8.47. The molecule has 1 heterocycles. The van der Waals surface area contributed by atoms with Crippen molar-refractivity contribution in [2.24, 2.45) is 5.92 Å². The maximum Gasteiger partial charge on any atom is 0.339 e. The van der Waals surface area contributed by atoms with Crippen LogP contribution < -0.4 is 4.74 Å². The van der Waals surface area contributed by atoms with E-state index in [0.717, 1.165) is 44.1 Å². The number of rotatable bonds is 5. The summed E-state index contributed by atoms with van der Waals surface area (Å²) in [7, 11) is 0. The van der Waals surface area contributed by atoms with E-state index in [2.05, 4.69) is 27.7 Å². The first-order valence-electron chi connectivity index (χ1n) is 9.80. The second-order valence-electron chi connectivity index (χ2n) is 8.31. The van der Waals surface area contributed by atoms with Crippen molar-refractivity contribution in [2.75, 3.05) is 0 Å². The number of ether oxygens (including phenoxy) is 1. The van der Waals surface area contributed by atoms with Crippen molar-refractivity contribution in [2.45, 2.75) is 78.2 Å². The van der Waals surface area contributed by atoms with Crippen molar-refractivity contribution >= 4 is 11.5 Å². The van der Waals surface area contributed by atoms with Crippen molar-refractivity contribution < 1.29 is 19.7 Å². The van der Waals surface area contributed by atoms with Crippen LogP contribution in [0.4, 0.5) is 0 Å². The molecule has 4 nitrogen and oxygen atoms in total. The maximum absolute atomic E-state index is 11.9. The molecule has 0 radical (unpaired) electrons. The molecule has 3 rings (SSSR count). The Morgan fingerprint density at radius 1 is 1.35 bits per heavy atom. The van der Waals surface area contributed by atoms with Crippen molar-refractivity contribution in [3.8, 4) is 11.5 Å². The van der Waals surface area contributed by atoms with Crippen LogP contribution in [0.2, 0.25) is 0 Å². The Balaban J connectivity index is 2.17. The van der Waals surface area contributed by atoms with Crippen LogP contribution >= 0.6 is 0 Å². The van der Waals surface area contributed by atoms with Crippen LogP contribution in [0.5, 0.6) is 11.5 Å². The molecule has 0 fully saturated rings. The van der Waals surface area contributed by atoms with Crippen LogP contribution in [0.25, 0.3) is 5.57 Å². The Hall–Kier alpha value is -1.97. The van der Waals surface area contributed by atoms with Gasteiger partial charge in [-0.25, -0.2) is 4.79 Å². The van der Waals surface area contributed by atoms with Crippen LogP contribution in [-0.4, -0.2) is 21.8 Å². The molecule has 26 heavy (non-hydrogen) atoms. The van der Waals surface area contributed by atoms with E-state index in [1.807, 2.05) is 6.07 Å². The lowest BCUT2D eigenvalue weighted by Gasteiger charge is -2.41. The minimum absolute atomic E-state index is 0.0493. The molecule has 0 spiro atoms. The first-order chi connectivity index (χ1) is 12.3. The molecular weight excluding hydrogens is 328 g/mol. The molecule has 0 saturated carbocycles. The van der Waals surface area contributed by atoms with E-state index in [1.54, 1.807) is 0 Å². The summed E-state index contributed by atoms with van der Waals surface area (Å²) in [5.74, 6) is -0.0181. The van der Waals surface area contributed by atoms with E-state index in [0.29, 0.717) is 29.2 Å². The second-order valence-corrected chi connectivity index (χ2v) is 8.31. The second kappa shape index (κ2) is 6.98. The number of carboxylic acids is 1. The summed E-state index contributed by atoms with van der Waals surface area (Å²) >= 11 is 0. The van der Waals surface area contributed by atoms with Crippen molar-refractivity contribution in [3.63, 3.8) is 0 Å². The van der Waals surface area contributed by atoms with Gasteiger partial charge in [0.05, 0.1) is 5.56 Å². The molecule has 2 N–H and O–H groups in total. The van der Waals surface area contributed by atoms with E-state index in [1.165, 1.54) is 5.57 Å². The topological polar surface area (TPSA) is 66.8 Å². The van der Waals surface area contributed by atoms with Crippen molar-refractivity contribution in [1.29, 1.82) is 0 Å². The number of allylic oxidation sites excluding steroid dienone is 1. The molecule has 0 aromatic heterocycles. The largest absolute Gasteiger partial charge is 0.506 e. The normalized spacial score (nSPS) is 21.0. The highest BCUT2D eigenvalue weighted by Crippen LogP contribution is 2.52. The predicted molar refractivity (Wildman–Crippen MR) is 103 cm³/mol. The van der Waals surface area contributed by atoms with Gasteiger partial charge in [-0.2, -0.15) is 0 Å². The van der Waals surface area contributed by atoms with Crippen LogP contribution in [0.15, 0.2) is 11.6 Å². The number of aromatic hydroxyl groups is 1. The molecular formula is C22H30O4. The number of unbranched alkanes of at least 4 members (excludes halogenated alkanes) is 2. The number of carbonyl (C=O) groups is 1. The molecule has 1 aromatic carbocycles. The SMILES string of the molecule is CCCCCc1cc2c(c(O)c1C(=O)O)C1=C(CCC(C)C1)C(C)(C)O2. The standard InChI is InChI=1S/C22H30O4/c1-5-6-7-8-14-12-17-19(20(23)18(14)21(24)25)15-11-13(2)9-10-16(15)22(3,4)26-17/h12-13,23H,5-11H2,1-4H3,(H,24,25). The van der Waals surface area contributed by atoms with E-state index < -0.39 is 11.6 Å². The summed E-state index contributed by atoms with van der Waals surface area (Å²) in [4.78, 5) is 11.9. The molecule has 1 unspecified atom stereocenters. The van der Waals surface area contributed by atoms with Gasteiger partial charge in [-0.05, 0) is 74.6 Å². The van der Waals surface area contributed by atoms with E-state index in [9.17, 15) is 15.0 Å². The average Bonchev–Trinajstić information content (AvgIpc) is 2.53. The minimum atomic E-state index is -1.06. The number of hydrogen-bond donors (Lipinski definition) is 2. The molecule has 0 amide bonds. The maximum atomic E-state index is 11.9. The lowest BCUT2D eigenvalue weighted by atomic mass is 9.74. The third kappa shape index (κ3) is 3.22. The van der Waals surface area contributed by atoms with Crippen LogP contribution in [0.3, 0.4) is 0 Å². The molecule has 1 aliphatic carbocycles. The number of fused-ring (bicyclic) bond motifs is 2. The smallest absolute Gasteiger partial charge is 0.339 e. The molecule has 1 atom stereocenters. The zero-order valence-corrected chi connectivity index (χ0v) is 16.3. The highest BCUT2D eigenvalue weighted by molar-refractivity contribution is 5.97. The number of carboxylic acid groups (broad SMARTS) is 1. The fourth-order valence-corrected chi connectivity index (χ4v) is 4.44. The van der Waals surface area contributed by atoms with Gasteiger partial charge in [0.25, 0.3) is 0 Å². The predicted octanol–water partition coefficient (Wildman–Crippen LogP) is 5.57. The quantitative estimate of drug-likeness (QED) is 0.676. The van der Waals surface area contributed by atoms with E-state index >= 15 is 0 Å². The first-order valence-corrected chi connectivity index (χ1v) is 9.80. The molecule has 4 heteroatoms. The number of phenols is 1. The van der Waals surface area contributed by atoms with Gasteiger partial charge in [0.2, 0.25) is 0 Å². The third-order valence-electron chi connectivity index (χ3n) is 5.81. The van der Waals surface area contributed by atoms with Crippen LogP contribution in [0.1, 0.15) is 87.7 Å². The van der Waals surface area contributed by atoms with E-state index in [4.69, 9.17) is 4.74 Å². The monoisotopic (exact) mass is 358 g/mol. The molecule has 142 valence electrons.